The molecular formula is C14H18N2O. The number of para-hydroxylation sites is 1. The highest BCUT2D eigenvalue weighted by atomic mass is 16.2. The lowest BCUT2D eigenvalue weighted by molar-refractivity contribution is -0.119. The van der Waals surface area contributed by atoms with Gasteiger partial charge in [0.15, 0.2) is 0 Å². The summed E-state index contributed by atoms with van der Waals surface area (Å²) in [5, 5.41) is 2.81. The molecule has 90 valence electrons. The Hall–Kier alpha value is -1.77. The van der Waals surface area contributed by atoms with Crippen molar-refractivity contribution in [1.82, 2.24) is 5.32 Å². The highest BCUT2D eigenvalue weighted by Gasteiger charge is 2.26. The molecule has 0 radical (unpaired) electrons. The molecule has 3 nitrogen and oxygen atoms in total. The molecule has 0 aliphatic carbocycles. The fourth-order valence-electron chi connectivity index (χ4n) is 2.27. The number of carbonyl (C=O) groups excluding carboxylic acids is 1. The number of rotatable bonds is 4. The second-order valence-electron chi connectivity index (χ2n) is 4.40. The van der Waals surface area contributed by atoms with Crippen LogP contribution in [0.4, 0.5) is 5.69 Å². The van der Waals surface area contributed by atoms with E-state index < -0.39 is 0 Å². The Morgan fingerprint density at radius 1 is 1.59 bits per heavy atom. The Balaban J connectivity index is 2.06. The van der Waals surface area contributed by atoms with Crippen molar-refractivity contribution in [3.8, 4) is 0 Å². The number of hydrogen-bond acceptors (Lipinski definition) is 2. The molecule has 0 bridgehead atoms. The molecule has 1 aromatic rings. The number of amides is 1. The lowest BCUT2D eigenvalue weighted by Gasteiger charge is -2.24. The van der Waals surface area contributed by atoms with Gasteiger partial charge in [0.05, 0.1) is 6.54 Å². The molecule has 1 N–H and O–H groups in total. The van der Waals surface area contributed by atoms with Crippen molar-refractivity contribution in [1.29, 1.82) is 0 Å². The maximum atomic E-state index is 11.7. The van der Waals surface area contributed by atoms with Crippen LogP contribution in [0.1, 0.15) is 12.5 Å². The Kier molecular flexibility index (Phi) is 3.47. The molecular weight excluding hydrogens is 212 g/mol. The highest BCUT2D eigenvalue weighted by molar-refractivity contribution is 5.82. The number of nitrogens with one attached hydrogen (secondary N) is 1. The van der Waals surface area contributed by atoms with E-state index >= 15 is 0 Å². The lowest BCUT2D eigenvalue weighted by Crippen LogP contribution is -2.40. The number of anilines is 1. The number of hydrogen-bond donors (Lipinski definition) is 1. The van der Waals surface area contributed by atoms with Crippen molar-refractivity contribution in [3.05, 3.63) is 42.5 Å². The molecule has 1 heterocycles. The third-order valence-electron chi connectivity index (χ3n) is 3.11. The summed E-state index contributed by atoms with van der Waals surface area (Å²) in [4.78, 5) is 13.9. The number of carbonyl (C=O) groups is 1. The van der Waals surface area contributed by atoms with E-state index in [1.165, 1.54) is 11.3 Å². The predicted molar refractivity (Wildman–Crippen MR) is 70.2 cm³/mol. The maximum Gasteiger partial charge on any atom is 0.239 e. The molecule has 0 fully saturated rings. The van der Waals surface area contributed by atoms with Gasteiger partial charge in [0.2, 0.25) is 5.91 Å². The van der Waals surface area contributed by atoms with E-state index in [1.54, 1.807) is 6.08 Å². The minimum Gasteiger partial charge on any atom is -0.359 e. The van der Waals surface area contributed by atoms with Gasteiger partial charge < -0.3 is 10.2 Å². The van der Waals surface area contributed by atoms with Crippen LogP contribution in [-0.2, 0) is 11.2 Å². The van der Waals surface area contributed by atoms with Crippen molar-refractivity contribution in [2.75, 3.05) is 18.0 Å². The van der Waals surface area contributed by atoms with Crippen molar-refractivity contribution in [2.45, 2.75) is 19.4 Å². The van der Waals surface area contributed by atoms with Gasteiger partial charge in [-0.15, -0.1) is 6.58 Å². The van der Waals surface area contributed by atoms with Gasteiger partial charge in [0, 0.05) is 18.3 Å². The molecule has 0 unspecified atom stereocenters. The van der Waals surface area contributed by atoms with Gasteiger partial charge in [0.25, 0.3) is 0 Å². The monoisotopic (exact) mass is 230 g/mol. The second kappa shape index (κ2) is 5.04. The molecule has 1 aliphatic rings. The summed E-state index contributed by atoms with van der Waals surface area (Å²) < 4.78 is 0. The van der Waals surface area contributed by atoms with E-state index in [-0.39, 0.29) is 5.91 Å². The smallest absolute Gasteiger partial charge is 0.239 e. The van der Waals surface area contributed by atoms with Crippen LogP contribution in [0.25, 0.3) is 0 Å². The van der Waals surface area contributed by atoms with E-state index in [2.05, 4.69) is 35.9 Å². The largest absolute Gasteiger partial charge is 0.359 e. The van der Waals surface area contributed by atoms with Gasteiger partial charge in [-0.1, -0.05) is 24.3 Å². The lowest BCUT2D eigenvalue weighted by atomic mass is 10.1. The van der Waals surface area contributed by atoms with Crippen LogP contribution in [0.2, 0.25) is 0 Å². The van der Waals surface area contributed by atoms with Crippen LogP contribution >= 0.6 is 0 Å². The second-order valence-corrected chi connectivity index (χ2v) is 4.40. The number of fused-ring (bicyclic) bond motifs is 1. The van der Waals surface area contributed by atoms with Gasteiger partial charge in [-0.2, -0.15) is 0 Å². The summed E-state index contributed by atoms with van der Waals surface area (Å²) in [5.74, 6) is 0.0495. The number of nitrogens with zero attached hydrogens (tertiary/aromatic N) is 1. The molecule has 1 amide bonds. The van der Waals surface area contributed by atoms with E-state index in [0.717, 1.165) is 6.42 Å². The van der Waals surface area contributed by atoms with Gasteiger partial charge >= 0.3 is 0 Å². The van der Waals surface area contributed by atoms with Gasteiger partial charge in [0.1, 0.15) is 0 Å². The van der Waals surface area contributed by atoms with Crippen LogP contribution in [0.15, 0.2) is 36.9 Å². The molecule has 1 atom stereocenters. The molecule has 0 spiro atoms. The first-order chi connectivity index (χ1) is 8.22. The average molecular weight is 230 g/mol. The molecule has 2 rings (SSSR count). The van der Waals surface area contributed by atoms with E-state index in [1.807, 2.05) is 12.1 Å². The van der Waals surface area contributed by atoms with E-state index in [9.17, 15) is 4.79 Å². The quantitative estimate of drug-likeness (QED) is 0.799. The SMILES string of the molecule is C=CCNC(=O)CN1c2ccccc2C[C@@H]1C. The van der Waals surface area contributed by atoms with E-state index in [4.69, 9.17) is 0 Å². The Labute approximate surface area is 102 Å². The van der Waals surface area contributed by atoms with Crippen LogP contribution in [0.3, 0.4) is 0 Å². The Morgan fingerprint density at radius 3 is 3.12 bits per heavy atom. The third-order valence-corrected chi connectivity index (χ3v) is 3.11. The topological polar surface area (TPSA) is 32.3 Å². The van der Waals surface area contributed by atoms with Gasteiger partial charge in [-0.3, -0.25) is 4.79 Å². The van der Waals surface area contributed by atoms with Crippen LogP contribution < -0.4 is 10.2 Å². The highest BCUT2D eigenvalue weighted by Crippen LogP contribution is 2.31. The van der Waals surface area contributed by atoms with Crippen LogP contribution in [0, 0.1) is 0 Å². The van der Waals surface area contributed by atoms with Gasteiger partial charge in [-0.25, -0.2) is 0 Å². The van der Waals surface area contributed by atoms with E-state index in [0.29, 0.717) is 19.1 Å². The molecule has 0 saturated carbocycles. The molecule has 17 heavy (non-hydrogen) atoms. The zero-order valence-electron chi connectivity index (χ0n) is 10.1. The fourth-order valence-corrected chi connectivity index (χ4v) is 2.27. The molecule has 1 aliphatic heterocycles. The molecule has 3 heteroatoms. The van der Waals surface area contributed by atoms with Crippen LogP contribution in [-0.4, -0.2) is 25.0 Å². The minimum atomic E-state index is 0.0495. The summed E-state index contributed by atoms with van der Waals surface area (Å²) in [6, 6.07) is 8.67. The minimum absolute atomic E-state index is 0.0495. The normalized spacial score (nSPS) is 17.7. The summed E-state index contributed by atoms with van der Waals surface area (Å²) in [6.07, 6.45) is 2.71. The zero-order valence-corrected chi connectivity index (χ0v) is 10.1. The standard InChI is InChI=1S/C14H18N2O/c1-3-8-15-14(17)10-16-11(2)9-12-6-4-5-7-13(12)16/h3-7,11H,1,8-10H2,2H3,(H,15,17)/t11-/m0/s1. The summed E-state index contributed by atoms with van der Waals surface area (Å²) in [6.45, 7) is 6.69. The Bertz CT molecular complexity index is 428. The molecule has 0 saturated heterocycles. The fraction of sp³-hybridized carbons (Fsp3) is 0.357. The zero-order chi connectivity index (χ0) is 12.3. The predicted octanol–water partition coefficient (Wildman–Crippen LogP) is 1.74. The van der Waals surface area contributed by atoms with Crippen LogP contribution in [0.5, 0.6) is 0 Å². The van der Waals surface area contributed by atoms with Crippen molar-refractivity contribution in [2.24, 2.45) is 0 Å². The summed E-state index contributed by atoms with van der Waals surface area (Å²) in [7, 11) is 0. The summed E-state index contributed by atoms with van der Waals surface area (Å²) in [5.41, 5.74) is 2.52. The van der Waals surface area contributed by atoms with Crippen molar-refractivity contribution >= 4 is 11.6 Å². The summed E-state index contributed by atoms with van der Waals surface area (Å²) >= 11 is 0. The first-order valence-corrected chi connectivity index (χ1v) is 5.94. The van der Waals surface area contributed by atoms with Crippen molar-refractivity contribution in [3.63, 3.8) is 0 Å². The average Bonchev–Trinajstić information content (AvgIpc) is 2.64. The molecule has 1 aromatic carbocycles. The first kappa shape index (κ1) is 11.7. The number of benzene rings is 1. The van der Waals surface area contributed by atoms with Gasteiger partial charge in [-0.05, 0) is 25.0 Å². The molecule has 0 aromatic heterocycles. The Morgan fingerprint density at radius 2 is 2.35 bits per heavy atom. The third kappa shape index (κ3) is 2.49. The first-order valence-electron chi connectivity index (χ1n) is 5.94. The van der Waals surface area contributed by atoms with Crippen molar-refractivity contribution < 1.29 is 4.79 Å². The maximum absolute atomic E-state index is 11.7.